The average molecular weight is 431 g/mol. The molecule has 6 heteroatoms. The van der Waals surface area contributed by atoms with Gasteiger partial charge < -0.3 is 5.32 Å². The minimum atomic E-state index is -0.224. The molecule has 2 heterocycles. The quantitative estimate of drug-likeness (QED) is 0.422. The monoisotopic (exact) mass is 431 g/mol. The molecule has 0 aliphatic rings. The summed E-state index contributed by atoms with van der Waals surface area (Å²) in [4.78, 5) is 17.8. The number of para-hydroxylation sites is 1. The fourth-order valence-electron chi connectivity index (χ4n) is 4.17. The van der Waals surface area contributed by atoms with E-state index in [4.69, 9.17) is 4.98 Å². The summed E-state index contributed by atoms with van der Waals surface area (Å²) in [6.07, 6.45) is 1.63. The number of aryl methyl sites for hydroxylation is 2. The van der Waals surface area contributed by atoms with Crippen LogP contribution in [0.25, 0.3) is 27.5 Å². The molecule has 5 aromatic rings. The highest BCUT2D eigenvalue weighted by Crippen LogP contribution is 2.26. The minimum Gasteiger partial charge on any atom is -0.309 e. The van der Waals surface area contributed by atoms with Gasteiger partial charge in [0.25, 0.3) is 0 Å². The zero-order valence-corrected chi connectivity index (χ0v) is 18.3. The van der Waals surface area contributed by atoms with E-state index in [-0.39, 0.29) is 17.9 Å². The number of rotatable bonds is 4. The number of fused-ring (bicyclic) bond motifs is 2. The van der Waals surface area contributed by atoms with E-state index in [9.17, 15) is 10.1 Å². The topological polar surface area (TPSA) is 83.6 Å². The Morgan fingerprint density at radius 2 is 1.76 bits per heavy atom. The van der Waals surface area contributed by atoms with Crippen LogP contribution in [-0.4, -0.2) is 20.7 Å². The zero-order chi connectivity index (χ0) is 22.9. The first-order valence-electron chi connectivity index (χ1n) is 10.7. The van der Waals surface area contributed by atoms with Gasteiger partial charge in [-0.25, -0.2) is 4.98 Å². The molecule has 33 heavy (non-hydrogen) atoms. The van der Waals surface area contributed by atoms with Gasteiger partial charge in [0.2, 0.25) is 5.91 Å². The van der Waals surface area contributed by atoms with Gasteiger partial charge in [-0.15, -0.1) is 0 Å². The Morgan fingerprint density at radius 1 is 1.00 bits per heavy atom. The predicted molar refractivity (Wildman–Crippen MR) is 129 cm³/mol. The molecule has 0 bridgehead atoms. The Morgan fingerprint density at radius 3 is 2.61 bits per heavy atom. The van der Waals surface area contributed by atoms with E-state index in [1.165, 1.54) is 10.9 Å². The van der Waals surface area contributed by atoms with Crippen molar-refractivity contribution < 1.29 is 4.79 Å². The number of hydrogen-bond donors (Lipinski definition) is 1. The number of carbonyl (C=O) groups excluding carboxylic acids is 1. The third-order valence-corrected chi connectivity index (χ3v) is 5.83. The van der Waals surface area contributed by atoms with Crippen LogP contribution in [0, 0.1) is 25.2 Å². The first-order chi connectivity index (χ1) is 16.0. The second kappa shape index (κ2) is 8.21. The number of pyridine rings is 1. The highest BCUT2D eigenvalue weighted by atomic mass is 16.1. The molecule has 0 atom stereocenters. The normalized spacial score (nSPS) is 10.9. The van der Waals surface area contributed by atoms with Crippen LogP contribution >= 0.6 is 0 Å². The Labute approximate surface area is 191 Å². The summed E-state index contributed by atoms with van der Waals surface area (Å²) in [6.45, 7) is 4.02. The van der Waals surface area contributed by atoms with Crippen molar-refractivity contribution in [3.8, 4) is 11.9 Å². The predicted octanol–water partition coefficient (Wildman–Crippen LogP) is 5.24. The van der Waals surface area contributed by atoms with Gasteiger partial charge in [0.05, 0.1) is 18.1 Å². The van der Waals surface area contributed by atoms with Gasteiger partial charge >= 0.3 is 0 Å². The van der Waals surface area contributed by atoms with Crippen LogP contribution in [0.4, 0.5) is 5.82 Å². The van der Waals surface area contributed by atoms with Crippen molar-refractivity contribution in [1.82, 2.24) is 14.8 Å². The first-order valence-corrected chi connectivity index (χ1v) is 10.7. The van der Waals surface area contributed by atoms with Gasteiger partial charge in [0, 0.05) is 5.39 Å². The summed E-state index contributed by atoms with van der Waals surface area (Å²) >= 11 is 0. The Bertz CT molecular complexity index is 1570. The molecule has 5 rings (SSSR count). The molecule has 160 valence electrons. The molecule has 1 N–H and O–H groups in total. The maximum Gasteiger partial charge on any atom is 0.230 e. The standard InChI is InChI=1S/C27H21N5O/c1-17-7-5-12-22-18(2)13-24(30-26(17)22)32-27(21(15-28)16-29-32)31-25(33)14-20-10-6-9-19-8-3-4-11-23(19)20/h3-13,16H,14H2,1-2H3,(H,31,33). The van der Waals surface area contributed by atoms with Crippen molar-refractivity contribution in [2.45, 2.75) is 20.3 Å². The van der Waals surface area contributed by atoms with Crippen LogP contribution in [0.3, 0.4) is 0 Å². The molecule has 2 aromatic heterocycles. The number of anilines is 1. The maximum atomic E-state index is 13.0. The summed E-state index contributed by atoms with van der Waals surface area (Å²) in [5, 5.41) is 20.1. The zero-order valence-electron chi connectivity index (χ0n) is 18.3. The van der Waals surface area contributed by atoms with Crippen molar-refractivity contribution in [3.05, 3.63) is 95.2 Å². The van der Waals surface area contributed by atoms with E-state index >= 15 is 0 Å². The summed E-state index contributed by atoms with van der Waals surface area (Å²) in [5.74, 6) is 0.650. The van der Waals surface area contributed by atoms with E-state index in [0.717, 1.165) is 38.4 Å². The lowest BCUT2D eigenvalue weighted by atomic mass is 10.0. The van der Waals surface area contributed by atoms with Crippen LogP contribution in [-0.2, 0) is 11.2 Å². The number of amides is 1. The van der Waals surface area contributed by atoms with Crippen LogP contribution in [0.5, 0.6) is 0 Å². The van der Waals surface area contributed by atoms with Gasteiger partial charge in [-0.2, -0.15) is 15.0 Å². The SMILES string of the molecule is Cc1cc(-n2ncc(C#N)c2NC(=O)Cc2cccc3ccccc23)nc2c(C)cccc12. The Kier molecular flexibility index (Phi) is 5.08. The van der Waals surface area contributed by atoms with Crippen molar-refractivity contribution in [1.29, 1.82) is 5.26 Å². The van der Waals surface area contributed by atoms with E-state index < -0.39 is 0 Å². The highest BCUT2D eigenvalue weighted by Gasteiger charge is 2.18. The number of nitriles is 1. The van der Waals surface area contributed by atoms with E-state index in [0.29, 0.717) is 11.6 Å². The number of carbonyl (C=O) groups is 1. The smallest absolute Gasteiger partial charge is 0.230 e. The molecular formula is C27H21N5O. The highest BCUT2D eigenvalue weighted by molar-refractivity contribution is 5.96. The molecule has 0 radical (unpaired) electrons. The van der Waals surface area contributed by atoms with Crippen molar-refractivity contribution in [3.63, 3.8) is 0 Å². The fourth-order valence-corrected chi connectivity index (χ4v) is 4.17. The molecule has 0 saturated heterocycles. The van der Waals surface area contributed by atoms with Gasteiger partial charge in [-0.1, -0.05) is 60.7 Å². The molecular weight excluding hydrogens is 410 g/mol. The van der Waals surface area contributed by atoms with Crippen LogP contribution in [0.1, 0.15) is 22.3 Å². The van der Waals surface area contributed by atoms with E-state index in [1.54, 1.807) is 0 Å². The van der Waals surface area contributed by atoms with Gasteiger partial charge in [-0.05, 0) is 47.4 Å². The number of aromatic nitrogens is 3. The van der Waals surface area contributed by atoms with Crippen LogP contribution < -0.4 is 5.32 Å². The molecule has 0 unspecified atom stereocenters. The molecule has 3 aromatic carbocycles. The van der Waals surface area contributed by atoms with E-state index in [2.05, 4.69) is 16.5 Å². The number of hydrogen-bond acceptors (Lipinski definition) is 4. The van der Waals surface area contributed by atoms with Gasteiger partial charge in [0.15, 0.2) is 11.6 Å². The lowest BCUT2D eigenvalue weighted by Gasteiger charge is -2.12. The third kappa shape index (κ3) is 3.70. The second-order valence-corrected chi connectivity index (χ2v) is 8.06. The van der Waals surface area contributed by atoms with Gasteiger partial charge in [0.1, 0.15) is 11.6 Å². The minimum absolute atomic E-state index is 0.181. The van der Waals surface area contributed by atoms with Crippen LogP contribution in [0.15, 0.2) is 72.9 Å². The number of nitrogens with one attached hydrogen (secondary N) is 1. The molecule has 0 saturated carbocycles. The average Bonchev–Trinajstić information content (AvgIpc) is 3.22. The third-order valence-electron chi connectivity index (χ3n) is 5.83. The first kappa shape index (κ1) is 20.4. The molecule has 0 aliphatic heterocycles. The Hall–Kier alpha value is -4.50. The molecule has 6 nitrogen and oxygen atoms in total. The maximum absolute atomic E-state index is 13.0. The number of benzene rings is 3. The summed E-state index contributed by atoms with van der Waals surface area (Å²) in [6, 6.07) is 24.0. The lowest BCUT2D eigenvalue weighted by molar-refractivity contribution is -0.115. The second-order valence-electron chi connectivity index (χ2n) is 8.06. The molecule has 0 spiro atoms. The Balaban J connectivity index is 1.52. The molecule has 0 fully saturated rings. The summed E-state index contributed by atoms with van der Waals surface area (Å²) in [7, 11) is 0. The van der Waals surface area contributed by atoms with Gasteiger partial charge in [-0.3, -0.25) is 4.79 Å². The molecule has 0 aliphatic carbocycles. The summed E-state index contributed by atoms with van der Waals surface area (Å²) in [5.41, 5.74) is 4.16. The van der Waals surface area contributed by atoms with Crippen molar-refractivity contribution >= 4 is 33.4 Å². The lowest BCUT2D eigenvalue weighted by Crippen LogP contribution is -2.18. The van der Waals surface area contributed by atoms with Crippen molar-refractivity contribution in [2.24, 2.45) is 0 Å². The van der Waals surface area contributed by atoms with Crippen molar-refractivity contribution in [2.75, 3.05) is 5.32 Å². The molecule has 1 amide bonds. The largest absolute Gasteiger partial charge is 0.309 e. The summed E-state index contributed by atoms with van der Waals surface area (Å²) < 4.78 is 1.53. The van der Waals surface area contributed by atoms with Crippen LogP contribution in [0.2, 0.25) is 0 Å². The van der Waals surface area contributed by atoms with E-state index in [1.807, 2.05) is 80.6 Å². The fraction of sp³-hybridized carbons (Fsp3) is 0.111. The number of nitrogens with zero attached hydrogens (tertiary/aromatic N) is 4.